The minimum atomic E-state index is 0.572. The minimum absolute atomic E-state index is 0.572. The van der Waals surface area contributed by atoms with Gasteiger partial charge in [0.15, 0.2) is 17.5 Å². The molecule has 0 spiro atoms. The van der Waals surface area contributed by atoms with E-state index in [4.69, 9.17) is 15.0 Å². The van der Waals surface area contributed by atoms with Crippen LogP contribution in [0, 0.1) is 0 Å². The first-order valence-electron chi connectivity index (χ1n) is 18.2. The summed E-state index contributed by atoms with van der Waals surface area (Å²) >= 11 is 0. The first kappa shape index (κ1) is 32.1. The SMILES string of the molecule is c1ccc(-c2ccc3c(c2)c2ccccc2n3-c2c(-c3ccccc3)cc(-c3nc(-c4ccncc4)nc(-c4ccncc4)n3)cc2-c2ccccc2)cc1. The van der Waals surface area contributed by atoms with Crippen molar-refractivity contribution in [2.24, 2.45) is 0 Å². The normalized spacial score (nSPS) is 11.3. The van der Waals surface area contributed by atoms with Gasteiger partial charge in [-0.25, -0.2) is 15.0 Å². The van der Waals surface area contributed by atoms with Crippen LogP contribution < -0.4 is 0 Å². The Bertz CT molecular complexity index is 2830. The lowest BCUT2D eigenvalue weighted by Crippen LogP contribution is -2.04. The van der Waals surface area contributed by atoms with E-state index < -0.39 is 0 Å². The summed E-state index contributed by atoms with van der Waals surface area (Å²) in [7, 11) is 0. The van der Waals surface area contributed by atoms with Crippen LogP contribution in [-0.2, 0) is 0 Å². The van der Waals surface area contributed by atoms with Crippen molar-refractivity contribution in [2.75, 3.05) is 0 Å². The van der Waals surface area contributed by atoms with E-state index in [0.29, 0.717) is 17.5 Å². The Balaban J connectivity index is 1.30. The van der Waals surface area contributed by atoms with Gasteiger partial charge in [-0.2, -0.15) is 0 Å². The number of fused-ring (bicyclic) bond motifs is 3. The molecule has 0 aliphatic carbocycles. The Morgan fingerprint density at radius 1 is 0.309 bits per heavy atom. The summed E-state index contributed by atoms with van der Waals surface area (Å²) in [5.41, 5.74) is 12.6. The molecule has 0 fully saturated rings. The lowest BCUT2D eigenvalue weighted by atomic mass is 9.92. The van der Waals surface area contributed by atoms with E-state index in [1.807, 2.05) is 24.3 Å². The second-order valence-corrected chi connectivity index (χ2v) is 13.4. The van der Waals surface area contributed by atoms with Gasteiger partial charge in [-0.3, -0.25) is 9.97 Å². The summed E-state index contributed by atoms with van der Waals surface area (Å²) in [5.74, 6) is 1.72. The van der Waals surface area contributed by atoms with Gasteiger partial charge in [-0.15, -0.1) is 0 Å². The highest BCUT2D eigenvalue weighted by atomic mass is 15.0. The van der Waals surface area contributed by atoms with Crippen LogP contribution in [0.5, 0.6) is 0 Å². The molecule has 0 saturated heterocycles. The van der Waals surface area contributed by atoms with Gasteiger partial charge in [0.25, 0.3) is 0 Å². The van der Waals surface area contributed by atoms with Crippen LogP contribution in [0.2, 0.25) is 0 Å². The molecule has 4 aromatic heterocycles. The number of hydrogen-bond donors (Lipinski definition) is 0. The molecule has 0 saturated carbocycles. The van der Waals surface area contributed by atoms with Crippen LogP contribution >= 0.6 is 0 Å². The van der Waals surface area contributed by atoms with Crippen LogP contribution in [0.25, 0.3) is 95.0 Å². The average molecular weight is 705 g/mol. The van der Waals surface area contributed by atoms with E-state index in [2.05, 4.69) is 160 Å². The van der Waals surface area contributed by atoms with Gasteiger partial charge in [0, 0.05) is 63.4 Å². The predicted molar refractivity (Wildman–Crippen MR) is 222 cm³/mol. The molecular formula is C49H32N6. The summed E-state index contributed by atoms with van der Waals surface area (Å²) in [6, 6.07) is 59.5. The molecular weight excluding hydrogens is 673 g/mol. The molecule has 10 rings (SSSR count). The fraction of sp³-hybridized carbons (Fsp3) is 0. The van der Waals surface area contributed by atoms with E-state index in [1.165, 1.54) is 21.9 Å². The van der Waals surface area contributed by atoms with Gasteiger partial charge in [-0.1, -0.05) is 115 Å². The van der Waals surface area contributed by atoms with Crippen molar-refractivity contribution < 1.29 is 0 Å². The average Bonchev–Trinajstić information content (AvgIpc) is 3.60. The Labute approximate surface area is 318 Å². The van der Waals surface area contributed by atoms with Crippen molar-refractivity contribution in [2.45, 2.75) is 0 Å². The maximum absolute atomic E-state index is 5.13. The molecule has 0 bridgehead atoms. The molecule has 4 heterocycles. The Morgan fingerprint density at radius 2 is 0.764 bits per heavy atom. The Hall–Kier alpha value is -7.57. The van der Waals surface area contributed by atoms with Gasteiger partial charge in [0.1, 0.15) is 0 Å². The van der Waals surface area contributed by atoms with Gasteiger partial charge in [0.2, 0.25) is 0 Å². The fourth-order valence-corrected chi connectivity index (χ4v) is 7.47. The second kappa shape index (κ2) is 13.8. The maximum Gasteiger partial charge on any atom is 0.164 e. The van der Waals surface area contributed by atoms with Crippen molar-refractivity contribution >= 4 is 21.8 Å². The second-order valence-electron chi connectivity index (χ2n) is 13.4. The predicted octanol–water partition coefficient (Wildman–Crippen LogP) is 11.8. The van der Waals surface area contributed by atoms with E-state index in [0.717, 1.165) is 55.7 Å². The van der Waals surface area contributed by atoms with Crippen molar-refractivity contribution in [3.05, 3.63) is 195 Å². The fourth-order valence-electron chi connectivity index (χ4n) is 7.47. The number of benzene rings is 6. The van der Waals surface area contributed by atoms with E-state index in [1.54, 1.807) is 24.8 Å². The van der Waals surface area contributed by atoms with Crippen LogP contribution in [0.4, 0.5) is 0 Å². The third kappa shape index (κ3) is 5.92. The molecule has 0 N–H and O–H groups in total. The van der Waals surface area contributed by atoms with Gasteiger partial charge in [0.05, 0.1) is 16.7 Å². The smallest absolute Gasteiger partial charge is 0.164 e. The highest BCUT2D eigenvalue weighted by Crippen LogP contribution is 2.44. The number of nitrogens with zero attached hydrogens (tertiary/aromatic N) is 6. The Morgan fingerprint density at radius 3 is 1.31 bits per heavy atom. The quantitative estimate of drug-likeness (QED) is 0.165. The van der Waals surface area contributed by atoms with Crippen molar-refractivity contribution in [1.29, 1.82) is 0 Å². The molecule has 0 atom stereocenters. The zero-order chi connectivity index (χ0) is 36.6. The molecule has 0 amide bonds. The molecule has 0 radical (unpaired) electrons. The number of para-hydroxylation sites is 1. The summed E-state index contributed by atoms with van der Waals surface area (Å²) in [6.45, 7) is 0. The number of hydrogen-bond acceptors (Lipinski definition) is 5. The van der Waals surface area contributed by atoms with Crippen molar-refractivity contribution in [1.82, 2.24) is 29.5 Å². The maximum atomic E-state index is 5.13. The standard InChI is InChI=1S/C49H32N6/c1-4-12-33(13-5-1)38-20-21-45-43(30-38)40-18-10-11-19-44(40)55(45)46-41(34-14-6-2-7-15-34)31-39(32-42(46)35-16-8-3-9-17-35)49-53-47(36-22-26-50-27-23-36)52-48(54-49)37-24-28-51-29-25-37/h1-32H. The van der Waals surface area contributed by atoms with Crippen molar-refractivity contribution in [3.8, 4) is 73.2 Å². The molecule has 6 heteroatoms. The third-order valence-corrected chi connectivity index (χ3v) is 10.1. The third-order valence-electron chi connectivity index (χ3n) is 10.1. The molecule has 10 aromatic rings. The zero-order valence-electron chi connectivity index (χ0n) is 29.7. The van der Waals surface area contributed by atoms with Crippen molar-refractivity contribution in [3.63, 3.8) is 0 Å². The summed E-state index contributed by atoms with van der Waals surface area (Å²) < 4.78 is 2.44. The summed E-state index contributed by atoms with van der Waals surface area (Å²) in [6.07, 6.45) is 7.04. The van der Waals surface area contributed by atoms with E-state index in [9.17, 15) is 0 Å². The molecule has 0 aliphatic heterocycles. The van der Waals surface area contributed by atoms with E-state index >= 15 is 0 Å². The number of pyridine rings is 2. The molecule has 55 heavy (non-hydrogen) atoms. The first-order valence-corrected chi connectivity index (χ1v) is 18.2. The highest BCUT2D eigenvalue weighted by Gasteiger charge is 2.23. The monoisotopic (exact) mass is 704 g/mol. The summed E-state index contributed by atoms with van der Waals surface area (Å²) in [5, 5.41) is 2.39. The molecule has 0 unspecified atom stereocenters. The Kier molecular flexibility index (Phi) is 8.04. The molecule has 6 nitrogen and oxygen atoms in total. The largest absolute Gasteiger partial charge is 0.308 e. The number of aromatic nitrogens is 6. The number of rotatable bonds is 7. The van der Waals surface area contributed by atoms with Gasteiger partial charge < -0.3 is 4.57 Å². The van der Waals surface area contributed by atoms with Gasteiger partial charge >= 0.3 is 0 Å². The van der Waals surface area contributed by atoms with Crippen LogP contribution in [0.15, 0.2) is 195 Å². The lowest BCUT2D eigenvalue weighted by Gasteiger charge is -2.21. The molecule has 6 aromatic carbocycles. The van der Waals surface area contributed by atoms with E-state index in [-0.39, 0.29) is 0 Å². The lowest BCUT2D eigenvalue weighted by molar-refractivity contribution is 1.07. The minimum Gasteiger partial charge on any atom is -0.308 e. The highest BCUT2D eigenvalue weighted by molar-refractivity contribution is 6.12. The molecule has 0 aliphatic rings. The van der Waals surface area contributed by atoms with Crippen LogP contribution in [0.1, 0.15) is 0 Å². The van der Waals surface area contributed by atoms with Crippen LogP contribution in [0.3, 0.4) is 0 Å². The molecule has 258 valence electrons. The summed E-state index contributed by atoms with van der Waals surface area (Å²) in [4.78, 5) is 23.7. The first-order chi connectivity index (χ1) is 27.3. The van der Waals surface area contributed by atoms with Gasteiger partial charge in [-0.05, 0) is 76.9 Å². The zero-order valence-corrected chi connectivity index (χ0v) is 29.7. The topological polar surface area (TPSA) is 69.4 Å². The van der Waals surface area contributed by atoms with Crippen LogP contribution in [-0.4, -0.2) is 29.5 Å².